The van der Waals surface area contributed by atoms with Gasteiger partial charge in [-0.05, 0) is 17.7 Å². The van der Waals surface area contributed by atoms with Crippen LogP contribution in [0, 0.1) is 0 Å². The summed E-state index contributed by atoms with van der Waals surface area (Å²) in [6, 6.07) is 15.3. The lowest BCUT2D eigenvalue weighted by atomic mass is 10.1. The molecule has 1 aliphatic heterocycles. The first-order valence-corrected chi connectivity index (χ1v) is 8.64. The van der Waals surface area contributed by atoms with Crippen LogP contribution in [0.4, 0.5) is 13.2 Å². The average molecular weight is 353 g/mol. The van der Waals surface area contributed by atoms with E-state index in [-0.39, 0.29) is 16.2 Å². The first kappa shape index (κ1) is 17.3. The Morgan fingerprint density at radius 3 is 2.42 bits per heavy atom. The molecule has 1 aliphatic rings. The highest BCUT2D eigenvalue weighted by Gasteiger charge is 2.35. The number of rotatable bonds is 4. The van der Waals surface area contributed by atoms with Crippen molar-refractivity contribution in [2.45, 2.75) is 22.4 Å². The molecule has 2 aromatic rings. The molecule has 24 heavy (non-hydrogen) atoms. The fourth-order valence-electron chi connectivity index (χ4n) is 2.72. The van der Waals surface area contributed by atoms with Gasteiger partial charge in [-0.25, -0.2) is 0 Å². The van der Waals surface area contributed by atoms with Gasteiger partial charge in [0.1, 0.15) is 0 Å². The summed E-state index contributed by atoms with van der Waals surface area (Å²) >= 11 is 1.22. The zero-order valence-electron chi connectivity index (χ0n) is 12.9. The van der Waals surface area contributed by atoms with E-state index < -0.39 is 11.7 Å². The summed E-state index contributed by atoms with van der Waals surface area (Å²) in [5, 5.41) is 3.05. The fourth-order valence-corrected chi connectivity index (χ4v) is 4.08. The van der Waals surface area contributed by atoms with Crippen LogP contribution >= 0.6 is 11.8 Å². The molecule has 2 aromatic carbocycles. The standard InChI is InChI=1S/C18H18F3NOS/c19-18(20,21)14-8-4-5-9-16(14)24-17(13-6-2-1-3-7-13)15-12-22-10-11-23-15/h1-9,15,17,22H,10-12H2/t15-,17-/m0/s1. The Morgan fingerprint density at radius 1 is 1.04 bits per heavy atom. The summed E-state index contributed by atoms with van der Waals surface area (Å²) in [7, 11) is 0. The van der Waals surface area contributed by atoms with E-state index in [1.54, 1.807) is 6.07 Å². The molecule has 0 unspecified atom stereocenters. The minimum atomic E-state index is -4.36. The molecule has 1 heterocycles. The van der Waals surface area contributed by atoms with E-state index in [0.29, 0.717) is 13.2 Å². The third-order valence-electron chi connectivity index (χ3n) is 3.87. The van der Waals surface area contributed by atoms with Crippen molar-refractivity contribution in [3.63, 3.8) is 0 Å². The van der Waals surface area contributed by atoms with Gasteiger partial charge in [0.25, 0.3) is 0 Å². The van der Waals surface area contributed by atoms with Crippen molar-refractivity contribution >= 4 is 11.8 Å². The Balaban J connectivity index is 1.93. The number of hydrogen-bond donors (Lipinski definition) is 1. The Bertz CT molecular complexity index is 657. The molecule has 0 amide bonds. The SMILES string of the molecule is FC(F)(F)c1ccccc1S[C@@H](c1ccccc1)[C@@H]1CNCCO1. The fraction of sp³-hybridized carbons (Fsp3) is 0.333. The molecule has 0 aliphatic carbocycles. The van der Waals surface area contributed by atoms with Gasteiger partial charge in [-0.15, -0.1) is 11.8 Å². The van der Waals surface area contributed by atoms with Crippen LogP contribution in [0.2, 0.25) is 0 Å². The minimum absolute atomic E-state index is 0.174. The van der Waals surface area contributed by atoms with Crippen molar-refractivity contribution in [1.29, 1.82) is 0 Å². The lowest BCUT2D eigenvalue weighted by Crippen LogP contribution is -2.41. The maximum atomic E-state index is 13.3. The zero-order chi connectivity index (χ0) is 17.0. The molecule has 0 spiro atoms. The number of nitrogens with one attached hydrogen (secondary N) is 1. The molecule has 0 bridgehead atoms. The van der Waals surface area contributed by atoms with Gasteiger partial charge in [0, 0.05) is 18.0 Å². The Morgan fingerprint density at radius 2 is 1.75 bits per heavy atom. The molecule has 2 nitrogen and oxygen atoms in total. The van der Waals surface area contributed by atoms with Crippen LogP contribution in [-0.2, 0) is 10.9 Å². The lowest BCUT2D eigenvalue weighted by Gasteiger charge is -2.31. The number of alkyl halides is 3. The van der Waals surface area contributed by atoms with Crippen LogP contribution in [0.15, 0.2) is 59.5 Å². The van der Waals surface area contributed by atoms with Gasteiger partial charge < -0.3 is 10.1 Å². The summed E-state index contributed by atoms with van der Waals surface area (Å²) in [5.41, 5.74) is 0.368. The van der Waals surface area contributed by atoms with Crippen molar-refractivity contribution in [3.8, 4) is 0 Å². The van der Waals surface area contributed by atoms with E-state index in [1.807, 2.05) is 30.3 Å². The molecule has 128 valence electrons. The Labute approximate surface area is 143 Å². The molecule has 0 aromatic heterocycles. The van der Waals surface area contributed by atoms with Crippen molar-refractivity contribution in [2.75, 3.05) is 19.7 Å². The smallest absolute Gasteiger partial charge is 0.374 e. The van der Waals surface area contributed by atoms with Crippen molar-refractivity contribution < 1.29 is 17.9 Å². The van der Waals surface area contributed by atoms with Crippen LogP contribution in [0.25, 0.3) is 0 Å². The molecule has 0 radical (unpaired) electrons. The second kappa shape index (κ2) is 7.59. The highest BCUT2D eigenvalue weighted by atomic mass is 32.2. The normalized spacial score (nSPS) is 19.9. The molecule has 2 atom stereocenters. The molecular weight excluding hydrogens is 335 g/mol. The van der Waals surface area contributed by atoms with Gasteiger partial charge in [-0.1, -0.05) is 42.5 Å². The Kier molecular flexibility index (Phi) is 5.48. The van der Waals surface area contributed by atoms with Gasteiger partial charge in [-0.2, -0.15) is 13.2 Å². The van der Waals surface area contributed by atoms with Gasteiger partial charge in [0.05, 0.1) is 23.5 Å². The third-order valence-corrected chi connectivity index (χ3v) is 5.31. The number of ether oxygens (including phenoxy) is 1. The van der Waals surface area contributed by atoms with Gasteiger partial charge >= 0.3 is 6.18 Å². The van der Waals surface area contributed by atoms with Crippen LogP contribution in [0.1, 0.15) is 16.4 Å². The monoisotopic (exact) mass is 353 g/mol. The van der Waals surface area contributed by atoms with E-state index in [1.165, 1.54) is 23.9 Å². The number of benzene rings is 2. The quantitative estimate of drug-likeness (QED) is 0.816. The highest BCUT2D eigenvalue weighted by molar-refractivity contribution is 7.99. The van der Waals surface area contributed by atoms with E-state index in [4.69, 9.17) is 4.74 Å². The van der Waals surface area contributed by atoms with Crippen LogP contribution in [0.5, 0.6) is 0 Å². The lowest BCUT2D eigenvalue weighted by molar-refractivity contribution is -0.139. The molecule has 1 N–H and O–H groups in total. The second-order valence-electron chi connectivity index (χ2n) is 5.56. The predicted molar refractivity (Wildman–Crippen MR) is 89.1 cm³/mol. The van der Waals surface area contributed by atoms with E-state index in [9.17, 15) is 13.2 Å². The number of thioether (sulfide) groups is 1. The zero-order valence-corrected chi connectivity index (χ0v) is 13.7. The van der Waals surface area contributed by atoms with Gasteiger partial charge in [-0.3, -0.25) is 0 Å². The number of morpholine rings is 1. The molecule has 1 saturated heterocycles. The van der Waals surface area contributed by atoms with Crippen molar-refractivity contribution in [1.82, 2.24) is 5.32 Å². The van der Waals surface area contributed by atoms with Crippen LogP contribution in [0.3, 0.4) is 0 Å². The second-order valence-corrected chi connectivity index (χ2v) is 6.74. The Hall–Kier alpha value is -1.50. The summed E-state index contributed by atoms with van der Waals surface area (Å²) < 4.78 is 45.7. The first-order chi connectivity index (χ1) is 11.6. The van der Waals surface area contributed by atoms with E-state index in [0.717, 1.165) is 18.2 Å². The minimum Gasteiger partial charge on any atom is -0.374 e. The topological polar surface area (TPSA) is 21.3 Å². The maximum Gasteiger partial charge on any atom is 0.417 e. The van der Waals surface area contributed by atoms with Crippen LogP contribution < -0.4 is 5.32 Å². The third kappa shape index (κ3) is 4.12. The largest absolute Gasteiger partial charge is 0.417 e. The van der Waals surface area contributed by atoms with E-state index in [2.05, 4.69) is 5.32 Å². The first-order valence-electron chi connectivity index (χ1n) is 7.76. The van der Waals surface area contributed by atoms with Gasteiger partial charge in [0.2, 0.25) is 0 Å². The molecular formula is C18H18F3NOS. The van der Waals surface area contributed by atoms with E-state index >= 15 is 0 Å². The summed E-state index contributed by atoms with van der Waals surface area (Å²) in [6.07, 6.45) is -4.54. The molecule has 0 saturated carbocycles. The number of hydrogen-bond acceptors (Lipinski definition) is 3. The predicted octanol–water partition coefficient (Wildman–Crippen LogP) is 4.53. The highest BCUT2D eigenvalue weighted by Crippen LogP contribution is 2.44. The summed E-state index contributed by atoms with van der Waals surface area (Å²) in [4.78, 5) is 0.230. The number of halogens is 3. The van der Waals surface area contributed by atoms with Crippen molar-refractivity contribution in [3.05, 3.63) is 65.7 Å². The summed E-state index contributed by atoms with van der Waals surface area (Å²) in [6.45, 7) is 1.96. The maximum absolute atomic E-state index is 13.3. The summed E-state index contributed by atoms with van der Waals surface area (Å²) in [5.74, 6) is 0. The average Bonchev–Trinajstić information content (AvgIpc) is 2.61. The van der Waals surface area contributed by atoms with Crippen molar-refractivity contribution in [2.24, 2.45) is 0 Å². The molecule has 3 rings (SSSR count). The van der Waals surface area contributed by atoms with Crippen LogP contribution in [-0.4, -0.2) is 25.8 Å². The molecule has 6 heteroatoms. The van der Waals surface area contributed by atoms with Gasteiger partial charge in [0.15, 0.2) is 0 Å². The molecule has 1 fully saturated rings.